The molecule has 0 saturated carbocycles. The maximum absolute atomic E-state index is 5.73. The van der Waals surface area contributed by atoms with Crippen LogP contribution in [0.1, 0.15) is 16.7 Å². The fourth-order valence-electron chi connectivity index (χ4n) is 1.84. The van der Waals surface area contributed by atoms with Gasteiger partial charge in [-0.15, -0.1) is 0 Å². The summed E-state index contributed by atoms with van der Waals surface area (Å²) in [7, 11) is 0. The van der Waals surface area contributed by atoms with E-state index in [1.165, 1.54) is 11.1 Å². The van der Waals surface area contributed by atoms with Gasteiger partial charge in [0, 0.05) is 16.9 Å². The highest BCUT2D eigenvalue weighted by molar-refractivity contribution is 7.80. The quantitative estimate of drug-likeness (QED) is 0.823. The Hall–Kier alpha value is -1.87. The second-order valence-corrected chi connectivity index (χ2v) is 4.72. The molecule has 2 aromatic carbocycles. The second-order valence-electron chi connectivity index (χ2n) is 4.28. The molecule has 3 N–H and O–H groups in total. The maximum atomic E-state index is 5.73. The summed E-state index contributed by atoms with van der Waals surface area (Å²) in [5.74, 6) is 0. The van der Waals surface area contributed by atoms with Crippen molar-refractivity contribution in [1.82, 2.24) is 0 Å². The van der Waals surface area contributed by atoms with Crippen molar-refractivity contribution in [3.63, 3.8) is 0 Å². The van der Waals surface area contributed by atoms with Crippen molar-refractivity contribution in [3.05, 3.63) is 59.2 Å². The fraction of sp³-hybridized carbons (Fsp3) is 0.133. The molecule has 0 aliphatic heterocycles. The van der Waals surface area contributed by atoms with E-state index in [-0.39, 0.29) is 0 Å². The van der Waals surface area contributed by atoms with E-state index < -0.39 is 0 Å². The predicted molar refractivity (Wildman–Crippen MR) is 81.5 cm³/mol. The molecule has 2 nitrogen and oxygen atoms in total. The van der Waals surface area contributed by atoms with Crippen LogP contribution in [-0.4, -0.2) is 4.99 Å². The summed E-state index contributed by atoms with van der Waals surface area (Å²) in [6.07, 6.45) is 0. The molecular weight excluding hydrogens is 240 g/mol. The molecular formula is C15H16N2S. The Bertz CT molecular complexity index is 591. The molecule has 0 aromatic heterocycles. The number of thiocarbonyl (C=S) groups is 1. The lowest BCUT2D eigenvalue weighted by Gasteiger charge is -2.14. The molecule has 18 heavy (non-hydrogen) atoms. The molecule has 92 valence electrons. The number of aryl methyl sites for hydroxylation is 1. The van der Waals surface area contributed by atoms with E-state index in [0.717, 1.165) is 16.9 Å². The molecule has 0 fully saturated rings. The molecule has 3 heteroatoms. The molecule has 0 spiro atoms. The van der Waals surface area contributed by atoms with E-state index in [1.54, 1.807) is 0 Å². The van der Waals surface area contributed by atoms with Crippen LogP contribution in [-0.2, 0) is 0 Å². The summed E-state index contributed by atoms with van der Waals surface area (Å²) in [5.41, 5.74) is 11.1. The van der Waals surface area contributed by atoms with Gasteiger partial charge in [0.15, 0.2) is 0 Å². The van der Waals surface area contributed by atoms with Crippen LogP contribution in [0.5, 0.6) is 0 Å². The topological polar surface area (TPSA) is 38.0 Å². The molecule has 0 bridgehead atoms. The molecule has 0 amide bonds. The van der Waals surface area contributed by atoms with Crippen molar-refractivity contribution in [1.29, 1.82) is 0 Å². The summed E-state index contributed by atoms with van der Waals surface area (Å²) in [6.45, 7) is 4.20. The number of hydrogen-bond donors (Lipinski definition) is 2. The second kappa shape index (κ2) is 5.19. The third-order valence-corrected chi connectivity index (χ3v) is 3.29. The van der Waals surface area contributed by atoms with Gasteiger partial charge in [-0.05, 0) is 43.2 Å². The van der Waals surface area contributed by atoms with Crippen LogP contribution >= 0.6 is 12.2 Å². The van der Waals surface area contributed by atoms with Crippen LogP contribution < -0.4 is 11.1 Å². The average molecular weight is 256 g/mol. The zero-order chi connectivity index (χ0) is 13.1. The Balaban J connectivity index is 2.40. The molecule has 0 unspecified atom stereocenters. The summed E-state index contributed by atoms with van der Waals surface area (Å²) in [6, 6.07) is 14.0. The van der Waals surface area contributed by atoms with Gasteiger partial charge < -0.3 is 11.1 Å². The first kappa shape index (κ1) is 12.6. The van der Waals surface area contributed by atoms with Gasteiger partial charge in [0.2, 0.25) is 0 Å². The normalized spacial score (nSPS) is 10.1. The lowest BCUT2D eigenvalue weighted by atomic mass is 10.1. The van der Waals surface area contributed by atoms with Gasteiger partial charge in [0.05, 0.1) is 0 Å². The van der Waals surface area contributed by atoms with Crippen LogP contribution in [0.15, 0.2) is 42.5 Å². The number of nitrogens with two attached hydrogens (primary N) is 1. The van der Waals surface area contributed by atoms with Crippen LogP contribution in [0.25, 0.3) is 0 Å². The van der Waals surface area contributed by atoms with Gasteiger partial charge in [0.25, 0.3) is 0 Å². The maximum Gasteiger partial charge on any atom is 0.106 e. The number of nitrogens with one attached hydrogen (secondary N) is 1. The minimum Gasteiger partial charge on any atom is -0.389 e. The number of para-hydroxylation sites is 1. The molecule has 0 aliphatic rings. The third kappa shape index (κ3) is 2.51. The summed E-state index contributed by atoms with van der Waals surface area (Å²) in [5, 5.41) is 3.40. The van der Waals surface area contributed by atoms with Gasteiger partial charge >= 0.3 is 0 Å². The van der Waals surface area contributed by atoms with Crippen LogP contribution in [0.4, 0.5) is 11.4 Å². The highest BCUT2D eigenvalue weighted by atomic mass is 32.1. The predicted octanol–water partition coefficient (Wildman–Crippen LogP) is 3.68. The largest absolute Gasteiger partial charge is 0.389 e. The Labute approximate surface area is 113 Å². The Morgan fingerprint density at radius 1 is 1.00 bits per heavy atom. The van der Waals surface area contributed by atoms with E-state index in [4.69, 9.17) is 18.0 Å². The lowest BCUT2D eigenvalue weighted by molar-refractivity contribution is 1.33. The van der Waals surface area contributed by atoms with Gasteiger partial charge in [0.1, 0.15) is 4.99 Å². The van der Waals surface area contributed by atoms with Gasteiger partial charge in [-0.2, -0.15) is 0 Å². The van der Waals surface area contributed by atoms with Crippen molar-refractivity contribution in [2.24, 2.45) is 5.73 Å². The molecule has 0 heterocycles. The minimum atomic E-state index is 0.406. The first-order chi connectivity index (χ1) is 8.59. The first-order valence-corrected chi connectivity index (χ1v) is 6.22. The fourth-order valence-corrected chi connectivity index (χ4v) is 2.02. The summed E-state index contributed by atoms with van der Waals surface area (Å²) >= 11 is 5.06. The summed E-state index contributed by atoms with van der Waals surface area (Å²) < 4.78 is 0. The lowest BCUT2D eigenvalue weighted by Crippen LogP contribution is -2.12. The molecule has 2 aromatic rings. The number of anilines is 2. The SMILES string of the molecule is Cc1cccc(Nc2ccccc2C(N)=S)c1C. The zero-order valence-electron chi connectivity index (χ0n) is 10.5. The van der Waals surface area contributed by atoms with Crippen molar-refractivity contribution in [2.75, 3.05) is 5.32 Å². The van der Waals surface area contributed by atoms with Gasteiger partial charge in [-0.25, -0.2) is 0 Å². The smallest absolute Gasteiger partial charge is 0.106 e. The van der Waals surface area contributed by atoms with E-state index in [9.17, 15) is 0 Å². The summed E-state index contributed by atoms with van der Waals surface area (Å²) in [4.78, 5) is 0.406. The minimum absolute atomic E-state index is 0.406. The number of rotatable bonds is 3. The molecule has 2 rings (SSSR count). The third-order valence-electron chi connectivity index (χ3n) is 3.07. The monoisotopic (exact) mass is 256 g/mol. The molecule has 0 atom stereocenters. The Morgan fingerprint density at radius 2 is 1.67 bits per heavy atom. The van der Waals surface area contributed by atoms with Crippen molar-refractivity contribution < 1.29 is 0 Å². The highest BCUT2D eigenvalue weighted by Gasteiger charge is 2.06. The van der Waals surface area contributed by atoms with Crippen LogP contribution in [0.3, 0.4) is 0 Å². The number of hydrogen-bond acceptors (Lipinski definition) is 2. The molecule has 0 radical (unpaired) electrons. The van der Waals surface area contributed by atoms with E-state index in [1.807, 2.05) is 30.3 Å². The van der Waals surface area contributed by atoms with E-state index in [2.05, 4.69) is 31.3 Å². The van der Waals surface area contributed by atoms with E-state index >= 15 is 0 Å². The van der Waals surface area contributed by atoms with Crippen LogP contribution in [0, 0.1) is 13.8 Å². The van der Waals surface area contributed by atoms with Gasteiger partial charge in [-0.1, -0.05) is 36.5 Å². The first-order valence-electron chi connectivity index (χ1n) is 5.81. The Morgan fingerprint density at radius 3 is 2.39 bits per heavy atom. The van der Waals surface area contributed by atoms with Crippen molar-refractivity contribution in [2.45, 2.75) is 13.8 Å². The number of benzene rings is 2. The van der Waals surface area contributed by atoms with Crippen molar-refractivity contribution in [3.8, 4) is 0 Å². The van der Waals surface area contributed by atoms with E-state index in [0.29, 0.717) is 4.99 Å². The van der Waals surface area contributed by atoms with Crippen LogP contribution in [0.2, 0.25) is 0 Å². The zero-order valence-corrected chi connectivity index (χ0v) is 11.3. The van der Waals surface area contributed by atoms with Crippen molar-refractivity contribution >= 4 is 28.6 Å². The van der Waals surface area contributed by atoms with Gasteiger partial charge in [-0.3, -0.25) is 0 Å². The standard InChI is InChI=1S/C15H16N2S/c1-10-6-5-9-13(11(10)2)17-14-8-4-3-7-12(14)15(16)18/h3-9,17H,1-2H3,(H2,16,18). The molecule has 0 aliphatic carbocycles. The Kier molecular flexibility index (Phi) is 3.63. The highest BCUT2D eigenvalue weighted by Crippen LogP contribution is 2.25. The average Bonchev–Trinajstić information content (AvgIpc) is 2.35. The molecule has 0 saturated heterocycles.